The number of halogens is 4. The van der Waals surface area contributed by atoms with Gasteiger partial charge in [0.15, 0.2) is 5.82 Å². The molecule has 0 radical (unpaired) electrons. The first-order chi connectivity index (χ1) is 8.35. The predicted octanol–water partition coefficient (Wildman–Crippen LogP) is 3.19. The first-order valence-electron chi connectivity index (χ1n) is 4.80. The Kier molecular flexibility index (Phi) is 3.29. The van der Waals surface area contributed by atoms with E-state index in [2.05, 4.69) is 26.1 Å². The van der Waals surface area contributed by atoms with E-state index in [1.165, 1.54) is 0 Å². The number of nitrogen functional groups attached to an aromatic ring is 1. The van der Waals surface area contributed by atoms with Gasteiger partial charge in [-0.2, -0.15) is 18.2 Å². The summed E-state index contributed by atoms with van der Waals surface area (Å²) in [6.07, 6.45) is -5.60. The molecule has 0 aliphatic carbocycles. The molecule has 0 unspecified atom stereocenters. The molecule has 1 heterocycles. The van der Waals surface area contributed by atoms with Crippen molar-refractivity contribution in [3.63, 3.8) is 0 Å². The maximum atomic E-state index is 12.1. The Bertz CT molecular complexity index is 568. The lowest BCUT2D eigenvalue weighted by atomic mass is 10.2. The molecule has 0 fully saturated rings. The van der Waals surface area contributed by atoms with Gasteiger partial charge < -0.3 is 10.3 Å². The molecule has 0 spiro atoms. The van der Waals surface area contributed by atoms with Gasteiger partial charge in [0.1, 0.15) is 6.42 Å². The maximum absolute atomic E-state index is 12.1. The minimum absolute atomic E-state index is 0.0285. The molecule has 0 saturated heterocycles. The summed E-state index contributed by atoms with van der Waals surface area (Å²) in [5.74, 6) is -0.445. The molecule has 0 bridgehead atoms. The second-order valence-electron chi connectivity index (χ2n) is 3.54. The average molecular weight is 322 g/mol. The highest BCUT2D eigenvalue weighted by Gasteiger charge is 2.30. The van der Waals surface area contributed by atoms with Crippen molar-refractivity contribution in [3.05, 3.63) is 28.5 Å². The van der Waals surface area contributed by atoms with Crippen molar-refractivity contribution in [3.8, 4) is 11.5 Å². The highest BCUT2D eigenvalue weighted by Crippen LogP contribution is 2.28. The molecule has 1 aromatic carbocycles. The van der Waals surface area contributed by atoms with Crippen LogP contribution in [0.1, 0.15) is 5.82 Å². The van der Waals surface area contributed by atoms with Crippen molar-refractivity contribution in [1.29, 1.82) is 0 Å². The van der Waals surface area contributed by atoms with Gasteiger partial charge in [-0.05, 0) is 18.2 Å². The van der Waals surface area contributed by atoms with Crippen LogP contribution in [0.3, 0.4) is 0 Å². The Morgan fingerprint density at radius 3 is 2.67 bits per heavy atom. The second-order valence-corrected chi connectivity index (χ2v) is 4.45. The van der Waals surface area contributed by atoms with E-state index in [4.69, 9.17) is 10.3 Å². The van der Waals surface area contributed by atoms with E-state index in [-0.39, 0.29) is 5.89 Å². The smallest absolute Gasteiger partial charge is 0.396 e. The zero-order valence-electron chi connectivity index (χ0n) is 8.83. The normalized spacial score (nSPS) is 11.8. The van der Waals surface area contributed by atoms with Gasteiger partial charge in [-0.3, -0.25) is 0 Å². The van der Waals surface area contributed by atoms with Crippen LogP contribution in [-0.4, -0.2) is 16.3 Å². The van der Waals surface area contributed by atoms with E-state index in [9.17, 15) is 13.2 Å². The SMILES string of the molecule is Nc1cc(Br)ccc1-c1nc(CC(F)(F)F)no1. The van der Waals surface area contributed by atoms with Crippen LogP contribution in [-0.2, 0) is 6.42 Å². The van der Waals surface area contributed by atoms with Gasteiger partial charge in [0, 0.05) is 10.2 Å². The fourth-order valence-electron chi connectivity index (χ4n) is 1.34. The van der Waals surface area contributed by atoms with Crippen molar-refractivity contribution in [2.24, 2.45) is 0 Å². The van der Waals surface area contributed by atoms with E-state index < -0.39 is 18.4 Å². The van der Waals surface area contributed by atoms with Gasteiger partial charge in [-0.1, -0.05) is 21.1 Å². The predicted molar refractivity (Wildman–Crippen MR) is 61.6 cm³/mol. The van der Waals surface area contributed by atoms with Crippen LogP contribution in [0.5, 0.6) is 0 Å². The number of anilines is 1. The summed E-state index contributed by atoms with van der Waals surface area (Å²) < 4.78 is 41.9. The molecular formula is C10H7BrF3N3O. The van der Waals surface area contributed by atoms with E-state index in [0.717, 1.165) is 4.47 Å². The molecule has 8 heteroatoms. The summed E-state index contributed by atoms with van der Waals surface area (Å²) in [6.45, 7) is 0. The molecule has 1 aromatic heterocycles. The quantitative estimate of drug-likeness (QED) is 0.863. The van der Waals surface area contributed by atoms with Crippen molar-refractivity contribution >= 4 is 21.6 Å². The number of aromatic nitrogens is 2. The fraction of sp³-hybridized carbons (Fsp3) is 0.200. The van der Waals surface area contributed by atoms with Crippen LogP contribution in [0.2, 0.25) is 0 Å². The zero-order chi connectivity index (χ0) is 13.3. The largest absolute Gasteiger partial charge is 0.398 e. The van der Waals surface area contributed by atoms with Gasteiger partial charge in [0.2, 0.25) is 0 Å². The van der Waals surface area contributed by atoms with Crippen molar-refractivity contribution in [2.45, 2.75) is 12.6 Å². The number of benzene rings is 1. The third-order valence-electron chi connectivity index (χ3n) is 2.07. The molecule has 0 aliphatic heterocycles. The highest BCUT2D eigenvalue weighted by atomic mass is 79.9. The van der Waals surface area contributed by atoms with Gasteiger partial charge >= 0.3 is 6.18 Å². The third kappa shape index (κ3) is 3.00. The Hall–Kier alpha value is -1.57. The Morgan fingerprint density at radius 2 is 2.06 bits per heavy atom. The van der Waals surface area contributed by atoms with E-state index >= 15 is 0 Å². The summed E-state index contributed by atoms with van der Waals surface area (Å²) in [4.78, 5) is 3.66. The summed E-state index contributed by atoms with van der Waals surface area (Å²) in [6, 6.07) is 4.87. The summed E-state index contributed by atoms with van der Waals surface area (Å²) in [5, 5.41) is 3.27. The van der Waals surface area contributed by atoms with Gasteiger partial charge in [-0.25, -0.2) is 0 Å². The van der Waals surface area contributed by atoms with Gasteiger partial charge in [0.25, 0.3) is 5.89 Å². The molecule has 2 aromatic rings. The molecule has 0 saturated carbocycles. The van der Waals surface area contributed by atoms with Gasteiger partial charge in [-0.15, -0.1) is 0 Å². The Morgan fingerprint density at radius 1 is 1.33 bits per heavy atom. The Balaban J connectivity index is 2.29. The van der Waals surface area contributed by atoms with Crippen molar-refractivity contribution < 1.29 is 17.7 Å². The first-order valence-corrected chi connectivity index (χ1v) is 5.59. The molecule has 96 valence electrons. The molecule has 4 nitrogen and oxygen atoms in total. The number of alkyl halides is 3. The summed E-state index contributed by atoms with van der Waals surface area (Å²) in [7, 11) is 0. The monoisotopic (exact) mass is 321 g/mol. The van der Waals surface area contributed by atoms with Crippen molar-refractivity contribution in [1.82, 2.24) is 10.1 Å². The lowest BCUT2D eigenvalue weighted by molar-refractivity contribution is -0.128. The molecule has 0 aliphatic rings. The summed E-state index contributed by atoms with van der Waals surface area (Å²) >= 11 is 3.22. The van der Waals surface area contributed by atoms with Crippen LogP contribution in [0, 0.1) is 0 Å². The zero-order valence-corrected chi connectivity index (χ0v) is 10.4. The maximum Gasteiger partial charge on any atom is 0.396 e. The fourth-order valence-corrected chi connectivity index (χ4v) is 1.72. The second kappa shape index (κ2) is 4.60. The van der Waals surface area contributed by atoms with E-state index in [0.29, 0.717) is 11.3 Å². The minimum Gasteiger partial charge on any atom is -0.398 e. The Labute approximate surface area is 108 Å². The van der Waals surface area contributed by atoms with Crippen LogP contribution in [0.4, 0.5) is 18.9 Å². The van der Waals surface area contributed by atoms with Crippen LogP contribution < -0.4 is 5.73 Å². The lowest BCUT2D eigenvalue weighted by Gasteiger charge is -2.01. The molecule has 18 heavy (non-hydrogen) atoms. The summed E-state index contributed by atoms with van der Waals surface area (Å²) in [5.41, 5.74) is 6.45. The molecule has 0 atom stereocenters. The molecule has 2 rings (SSSR count). The number of hydrogen-bond donors (Lipinski definition) is 1. The van der Waals surface area contributed by atoms with Crippen LogP contribution in [0.15, 0.2) is 27.2 Å². The first kappa shape index (κ1) is 12.9. The third-order valence-corrected chi connectivity index (χ3v) is 2.56. The van der Waals surface area contributed by atoms with Crippen LogP contribution >= 0.6 is 15.9 Å². The standard InChI is InChI=1S/C10H7BrF3N3O/c11-5-1-2-6(7(15)3-5)9-16-8(17-18-9)4-10(12,13)14/h1-3H,4,15H2. The van der Waals surface area contributed by atoms with Crippen LogP contribution in [0.25, 0.3) is 11.5 Å². The molecule has 0 amide bonds. The lowest BCUT2D eigenvalue weighted by Crippen LogP contribution is -2.12. The van der Waals surface area contributed by atoms with Crippen molar-refractivity contribution in [2.75, 3.05) is 5.73 Å². The topological polar surface area (TPSA) is 64.9 Å². The molecule has 2 N–H and O–H groups in total. The van der Waals surface area contributed by atoms with Gasteiger partial charge in [0.05, 0.1) is 5.56 Å². The number of nitrogens with zero attached hydrogens (tertiary/aromatic N) is 2. The minimum atomic E-state index is -4.37. The van der Waals surface area contributed by atoms with E-state index in [1.54, 1.807) is 18.2 Å². The number of rotatable bonds is 2. The number of nitrogens with two attached hydrogens (primary N) is 1. The molecular weight excluding hydrogens is 315 g/mol. The number of hydrogen-bond acceptors (Lipinski definition) is 4. The average Bonchev–Trinajstić information content (AvgIpc) is 2.63. The highest BCUT2D eigenvalue weighted by molar-refractivity contribution is 9.10. The van der Waals surface area contributed by atoms with E-state index in [1.807, 2.05) is 0 Å².